The van der Waals surface area contributed by atoms with Gasteiger partial charge in [0.25, 0.3) is 0 Å². The molecule has 1 rings (SSSR count). The Bertz CT molecular complexity index is 462. The molecule has 0 bridgehead atoms. The number of carbonyl (C=O) groups is 1. The van der Waals surface area contributed by atoms with Gasteiger partial charge in [-0.2, -0.15) is 0 Å². The van der Waals surface area contributed by atoms with E-state index in [-0.39, 0.29) is 5.91 Å². The monoisotopic (exact) mass is 281 g/mol. The fraction of sp³-hybridized carbons (Fsp3) is 0.615. The van der Waals surface area contributed by atoms with E-state index in [1.165, 1.54) is 6.33 Å². The Kier molecular flexibility index (Phi) is 5.54. The van der Waals surface area contributed by atoms with Crippen molar-refractivity contribution < 1.29 is 9.53 Å². The van der Waals surface area contributed by atoms with Crippen molar-refractivity contribution in [2.24, 2.45) is 5.41 Å². The van der Waals surface area contributed by atoms with Crippen molar-refractivity contribution in [2.75, 3.05) is 37.9 Å². The number of anilines is 2. The summed E-state index contributed by atoms with van der Waals surface area (Å²) in [5.41, 5.74) is -0.553. The molecule has 0 aromatic carbocycles. The van der Waals surface area contributed by atoms with Crippen LogP contribution >= 0.6 is 0 Å². The molecule has 7 heteroatoms. The Morgan fingerprint density at radius 2 is 1.90 bits per heavy atom. The van der Waals surface area contributed by atoms with Crippen LogP contribution < -0.4 is 20.7 Å². The molecule has 0 unspecified atom stereocenters. The van der Waals surface area contributed by atoms with Gasteiger partial charge < -0.3 is 20.7 Å². The zero-order chi connectivity index (χ0) is 15.2. The molecular weight excluding hydrogens is 258 g/mol. The van der Waals surface area contributed by atoms with Crippen LogP contribution in [0.1, 0.15) is 20.8 Å². The van der Waals surface area contributed by atoms with Crippen molar-refractivity contribution in [2.45, 2.75) is 20.8 Å². The quantitative estimate of drug-likeness (QED) is 0.693. The minimum absolute atomic E-state index is 0.0371. The molecule has 1 amide bonds. The molecule has 0 saturated carbocycles. The summed E-state index contributed by atoms with van der Waals surface area (Å²) < 4.78 is 5.33. The van der Waals surface area contributed by atoms with Crippen molar-refractivity contribution in [1.82, 2.24) is 15.3 Å². The van der Waals surface area contributed by atoms with Crippen LogP contribution in [0.15, 0.2) is 6.33 Å². The SMILES string of the molecule is CCNc1ncnc(NCC(C)(C)C(=O)NC)c1OC. The smallest absolute Gasteiger partial charge is 0.227 e. The molecule has 0 atom stereocenters. The summed E-state index contributed by atoms with van der Waals surface area (Å²) in [6, 6.07) is 0. The third kappa shape index (κ3) is 3.72. The molecular formula is C13H23N5O2. The zero-order valence-electron chi connectivity index (χ0n) is 12.7. The van der Waals surface area contributed by atoms with Crippen LogP contribution in [0.3, 0.4) is 0 Å². The number of methoxy groups -OCH3 is 1. The molecule has 7 nitrogen and oxygen atoms in total. The highest BCUT2D eigenvalue weighted by molar-refractivity contribution is 5.82. The second-order valence-corrected chi connectivity index (χ2v) is 4.95. The van der Waals surface area contributed by atoms with Crippen LogP contribution in [0.5, 0.6) is 5.75 Å². The van der Waals surface area contributed by atoms with Gasteiger partial charge in [0.05, 0.1) is 12.5 Å². The molecule has 0 fully saturated rings. The molecule has 1 heterocycles. The van der Waals surface area contributed by atoms with Crippen LogP contribution in [0.25, 0.3) is 0 Å². The number of rotatable bonds is 7. The number of hydrogen-bond acceptors (Lipinski definition) is 6. The van der Waals surface area contributed by atoms with Crippen LogP contribution in [0.2, 0.25) is 0 Å². The van der Waals surface area contributed by atoms with Crippen molar-refractivity contribution in [3.05, 3.63) is 6.33 Å². The number of nitrogens with one attached hydrogen (secondary N) is 3. The maximum atomic E-state index is 11.8. The van der Waals surface area contributed by atoms with Crippen LogP contribution in [0, 0.1) is 5.41 Å². The normalized spacial score (nSPS) is 10.8. The average molecular weight is 281 g/mol. The third-order valence-corrected chi connectivity index (χ3v) is 2.89. The van der Waals surface area contributed by atoms with E-state index >= 15 is 0 Å². The molecule has 3 N–H and O–H groups in total. The van der Waals surface area contributed by atoms with Gasteiger partial charge in [0.1, 0.15) is 6.33 Å². The van der Waals surface area contributed by atoms with Gasteiger partial charge in [0.2, 0.25) is 11.7 Å². The summed E-state index contributed by atoms with van der Waals surface area (Å²) in [5, 5.41) is 8.89. The van der Waals surface area contributed by atoms with Crippen molar-refractivity contribution >= 4 is 17.5 Å². The highest BCUT2D eigenvalue weighted by Gasteiger charge is 2.27. The highest BCUT2D eigenvalue weighted by atomic mass is 16.5. The van der Waals surface area contributed by atoms with Gasteiger partial charge in [-0.1, -0.05) is 0 Å². The lowest BCUT2D eigenvalue weighted by Crippen LogP contribution is -2.39. The average Bonchev–Trinajstić information content (AvgIpc) is 2.44. The number of amides is 1. The lowest BCUT2D eigenvalue weighted by molar-refractivity contribution is -0.128. The van der Waals surface area contributed by atoms with E-state index in [4.69, 9.17) is 4.74 Å². The predicted octanol–water partition coefficient (Wildman–Crippen LogP) is 1.10. The Morgan fingerprint density at radius 3 is 2.40 bits per heavy atom. The van der Waals surface area contributed by atoms with Gasteiger partial charge in [0.15, 0.2) is 11.6 Å². The molecule has 0 aliphatic heterocycles. The first-order valence-corrected chi connectivity index (χ1v) is 6.55. The maximum Gasteiger partial charge on any atom is 0.227 e. The summed E-state index contributed by atoms with van der Waals surface area (Å²) in [7, 11) is 3.19. The van der Waals surface area contributed by atoms with Gasteiger partial charge in [-0.15, -0.1) is 0 Å². The van der Waals surface area contributed by atoms with Crippen LogP contribution in [-0.2, 0) is 4.79 Å². The zero-order valence-corrected chi connectivity index (χ0v) is 12.7. The second kappa shape index (κ2) is 6.93. The first-order chi connectivity index (χ1) is 9.46. The first kappa shape index (κ1) is 16.0. The summed E-state index contributed by atoms with van der Waals surface area (Å²) >= 11 is 0. The number of nitrogens with zero attached hydrogens (tertiary/aromatic N) is 2. The summed E-state index contributed by atoms with van der Waals surface area (Å²) in [4.78, 5) is 20.0. The first-order valence-electron chi connectivity index (χ1n) is 6.55. The van der Waals surface area contributed by atoms with Gasteiger partial charge >= 0.3 is 0 Å². The molecule has 1 aromatic rings. The van der Waals surface area contributed by atoms with E-state index in [0.717, 1.165) is 6.54 Å². The molecule has 0 saturated heterocycles. The summed E-state index contributed by atoms with van der Waals surface area (Å²) in [5.74, 6) is 1.70. The van der Waals surface area contributed by atoms with E-state index in [0.29, 0.717) is 23.9 Å². The van der Waals surface area contributed by atoms with Crippen LogP contribution in [0.4, 0.5) is 11.6 Å². The Morgan fingerprint density at radius 1 is 1.30 bits per heavy atom. The number of aromatic nitrogens is 2. The molecule has 0 aliphatic rings. The van der Waals surface area contributed by atoms with E-state index in [1.54, 1.807) is 14.2 Å². The molecule has 0 spiro atoms. The highest BCUT2D eigenvalue weighted by Crippen LogP contribution is 2.29. The van der Waals surface area contributed by atoms with Gasteiger partial charge in [-0.25, -0.2) is 9.97 Å². The van der Waals surface area contributed by atoms with Crippen LogP contribution in [-0.4, -0.2) is 43.1 Å². The van der Waals surface area contributed by atoms with Gasteiger partial charge in [0, 0.05) is 20.1 Å². The fourth-order valence-corrected chi connectivity index (χ4v) is 1.71. The molecule has 0 aliphatic carbocycles. The number of ether oxygens (including phenoxy) is 1. The molecule has 0 radical (unpaired) electrons. The van der Waals surface area contributed by atoms with Crippen molar-refractivity contribution in [1.29, 1.82) is 0 Å². The maximum absolute atomic E-state index is 11.8. The molecule has 20 heavy (non-hydrogen) atoms. The fourth-order valence-electron chi connectivity index (χ4n) is 1.71. The van der Waals surface area contributed by atoms with E-state index in [2.05, 4.69) is 25.9 Å². The minimum Gasteiger partial charge on any atom is -0.490 e. The lowest BCUT2D eigenvalue weighted by atomic mass is 9.92. The third-order valence-electron chi connectivity index (χ3n) is 2.89. The van der Waals surface area contributed by atoms with E-state index < -0.39 is 5.41 Å². The van der Waals surface area contributed by atoms with Gasteiger partial charge in [-0.05, 0) is 20.8 Å². The topological polar surface area (TPSA) is 88.2 Å². The lowest BCUT2D eigenvalue weighted by Gasteiger charge is -2.23. The second-order valence-electron chi connectivity index (χ2n) is 4.95. The van der Waals surface area contributed by atoms with Crippen molar-refractivity contribution in [3.63, 3.8) is 0 Å². The van der Waals surface area contributed by atoms with E-state index in [1.807, 2.05) is 20.8 Å². The van der Waals surface area contributed by atoms with Gasteiger partial charge in [-0.3, -0.25) is 4.79 Å². The number of hydrogen-bond donors (Lipinski definition) is 3. The predicted molar refractivity (Wildman–Crippen MR) is 79.1 cm³/mol. The van der Waals surface area contributed by atoms with Crippen molar-refractivity contribution in [3.8, 4) is 5.75 Å². The summed E-state index contributed by atoms with van der Waals surface area (Å²) in [6.45, 7) is 6.86. The summed E-state index contributed by atoms with van der Waals surface area (Å²) in [6.07, 6.45) is 1.45. The van der Waals surface area contributed by atoms with E-state index in [9.17, 15) is 4.79 Å². The largest absolute Gasteiger partial charge is 0.490 e. The minimum atomic E-state index is -0.553. The molecule has 112 valence electrons. The Balaban J connectivity index is 2.87. The number of carbonyl (C=O) groups excluding carboxylic acids is 1. The molecule has 1 aromatic heterocycles. The Hall–Kier alpha value is -2.05. The standard InChI is InChI=1S/C13H23N5O2/c1-6-15-10-9(20-5)11(18-8-17-10)16-7-13(2,3)12(19)14-4/h8H,6-7H2,1-5H3,(H,14,19)(H2,15,16,17,18). The Labute approximate surface area is 119 Å².